The normalized spacial score (nSPS) is 20.1. The van der Waals surface area contributed by atoms with Crippen molar-refractivity contribution in [3.8, 4) is 0 Å². The molecule has 0 saturated heterocycles. The van der Waals surface area contributed by atoms with Crippen LogP contribution in [0.25, 0.3) is 0 Å². The molecule has 2 rings (SSSR count). The van der Waals surface area contributed by atoms with Crippen LogP contribution in [-0.4, -0.2) is 17.8 Å². The Labute approximate surface area is 97.5 Å². The maximum absolute atomic E-state index is 12.5. The topological polar surface area (TPSA) is 32.3 Å². The lowest BCUT2D eigenvalue weighted by molar-refractivity contribution is -0.137. The van der Waals surface area contributed by atoms with E-state index in [0.717, 1.165) is 11.6 Å². The van der Waals surface area contributed by atoms with Gasteiger partial charge in [0.25, 0.3) is 0 Å². The first kappa shape index (κ1) is 12.4. The number of alkyl halides is 3. The Kier molecular flexibility index (Phi) is 3.40. The Hall–Kier alpha value is -1.07. The summed E-state index contributed by atoms with van der Waals surface area (Å²) in [6.45, 7) is 0.525. The first-order chi connectivity index (χ1) is 8.00. The monoisotopic (exact) mass is 245 g/mol. The van der Waals surface area contributed by atoms with Crippen LogP contribution in [0.15, 0.2) is 18.2 Å². The molecule has 2 N–H and O–H groups in total. The van der Waals surface area contributed by atoms with E-state index in [1.165, 1.54) is 6.07 Å². The highest BCUT2D eigenvalue weighted by Crippen LogP contribution is 2.31. The van der Waals surface area contributed by atoms with Gasteiger partial charge in [-0.1, -0.05) is 6.07 Å². The highest BCUT2D eigenvalue weighted by Gasteiger charge is 2.31. The van der Waals surface area contributed by atoms with Gasteiger partial charge in [0.05, 0.1) is 5.56 Å². The molecule has 1 unspecified atom stereocenters. The first-order valence-corrected chi connectivity index (χ1v) is 5.54. The minimum absolute atomic E-state index is 0.0909. The number of benzene rings is 1. The number of nitrogens with one attached hydrogen (secondary N) is 1. The second kappa shape index (κ2) is 4.66. The number of hydrogen-bond acceptors (Lipinski definition) is 2. The standard InChI is InChI=1S/C12H14F3NO/c13-12(14,15)10-2-1-8-6-11(3-4-17)16-7-9(8)5-10/h1-2,5,11,16-17H,3-4,6-7H2. The molecule has 0 radical (unpaired) electrons. The van der Waals surface area contributed by atoms with Crippen molar-refractivity contribution in [2.24, 2.45) is 0 Å². The summed E-state index contributed by atoms with van der Waals surface area (Å²) < 4.78 is 37.5. The molecule has 0 aromatic heterocycles. The Balaban J connectivity index is 2.20. The predicted octanol–water partition coefficient (Wildman–Crippen LogP) is 2.10. The molecular formula is C12H14F3NO. The number of rotatable bonds is 2. The number of fused-ring (bicyclic) bond motifs is 1. The summed E-state index contributed by atoms with van der Waals surface area (Å²) in [6, 6.07) is 4.03. The van der Waals surface area contributed by atoms with E-state index in [9.17, 15) is 13.2 Å². The maximum Gasteiger partial charge on any atom is 0.416 e. The SMILES string of the molecule is OCCC1Cc2ccc(C(F)(F)F)cc2CN1. The molecule has 17 heavy (non-hydrogen) atoms. The highest BCUT2D eigenvalue weighted by molar-refractivity contribution is 5.35. The van der Waals surface area contributed by atoms with Crippen LogP contribution < -0.4 is 5.32 Å². The van der Waals surface area contributed by atoms with Crippen molar-refractivity contribution in [3.05, 3.63) is 34.9 Å². The summed E-state index contributed by atoms with van der Waals surface area (Å²) in [5.74, 6) is 0. The summed E-state index contributed by atoms with van der Waals surface area (Å²) in [6.07, 6.45) is -2.98. The van der Waals surface area contributed by atoms with E-state index >= 15 is 0 Å². The first-order valence-electron chi connectivity index (χ1n) is 5.54. The second-order valence-electron chi connectivity index (χ2n) is 4.28. The van der Waals surface area contributed by atoms with Gasteiger partial charge in [0.2, 0.25) is 0 Å². The molecule has 2 nitrogen and oxygen atoms in total. The van der Waals surface area contributed by atoms with Crippen LogP contribution in [0, 0.1) is 0 Å². The van der Waals surface area contributed by atoms with Gasteiger partial charge in [-0.2, -0.15) is 13.2 Å². The Morgan fingerprint density at radius 3 is 2.71 bits per heavy atom. The summed E-state index contributed by atoms with van der Waals surface area (Å²) in [4.78, 5) is 0. The highest BCUT2D eigenvalue weighted by atomic mass is 19.4. The van der Waals surface area contributed by atoms with Crippen molar-refractivity contribution >= 4 is 0 Å². The molecular weight excluding hydrogens is 231 g/mol. The minimum Gasteiger partial charge on any atom is -0.396 e. The minimum atomic E-state index is -4.28. The Morgan fingerprint density at radius 1 is 1.29 bits per heavy atom. The summed E-state index contributed by atoms with van der Waals surface area (Å²) in [7, 11) is 0. The molecule has 0 saturated carbocycles. The molecule has 0 fully saturated rings. The van der Waals surface area contributed by atoms with Gasteiger partial charge in [-0.25, -0.2) is 0 Å². The van der Waals surface area contributed by atoms with Gasteiger partial charge in [0.15, 0.2) is 0 Å². The predicted molar refractivity (Wildman–Crippen MR) is 57.5 cm³/mol. The number of hydrogen-bond donors (Lipinski definition) is 2. The Morgan fingerprint density at radius 2 is 2.06 bits per heavy atom. The number of halogens is 3. The Bertz CT molecular complexity index is 403. The van der Waals surface area contributed by atoms with Crippen LogP contribution >= 0.6 is 0 Å². The fourth-order valence-corrected chi connectivity index (χ4v) is 2.12. The molecule has 5 heteroatoms. The van der Waals surface area contributed by atoms with Gasteiger partial charge in [0, 0.05) is 19.2 Å². The van der Waals surface area contributed by atoms with Crippen molar-refractivity contribution in [1.82, 2.24) is 5.32 Å². The van der Waals surface area contributed by atoms with Crippen molar-refractivity contribution in [2.45, 2.75) is 31.6 Å². The van der Waals surface area contributed by atoms with E-state index < -0.39 is 11.7 Å². The average Bonchev–Trinajstić information content (AvgIpc) is 2.27. The molecule has 1 aliphatic heterocycles. The van der Waals surface area contributed by atoms with E-state index in [0.29, 0.717) is 24.9 Å². The molecule has 1 heterocycles. The van der Waals surface area contributed by atoms with E-state index in [2.05, 4.69) is 5.32 Å². The fourth-order valence-electron chi connectivity index (χ4n) is 2.12. The van der Waals surface area contributed by atoms with Crippen LogP contribution in [0.1, 0.15) is 23.1 Å². The largest absolute Gasteiger partial charge is 0.416 e. The van der Waals surface area contributed by atoms with Gasteiger partial charge in [-0.3, -0.25) is 0 Å². The van der Waals surface area contributed by atoms with Crippen LogP contribution in [-0.2, 0) is 19.1 Å². The zero-order valence-electron chi connectivity index (χ0n) is 9.22. The summed E-state index contributed by atoms with van der Waals surface area (Å²) in [5.41, 5.74) is 1.04. The van der Waals surface area contributed by atoms with Gasteiger partial charge in [-0.15, -0.1) is 0 Å². The number of aliphatic hydroxyl groups is 1. The van der Waals surface area contributed by atoms with Crippen LogP contribution in [0.2, 0.25) is 0 Å². The molecule has 0 amide bonds. The molecule has 0 spiro atoms. The lowest BCUT2D eigenvalue weighted by Gasteiger charge is -2.26. The third-order valence-electron chi connectivity index (χ3n) is 3.06. The van der Waals surface area contributed by atoms with E-state index in [1.807, 2.05) is 0 Å². The molecule has 94 valence electrons. The van der Waals surface area contributed by atoms with Crippen molar-refractivity contribution < 1.29 is 18.3 Å². The number of aliphatic hydroxyl groups excluding tert-OH is 1. The van der Waals surface area contributed by atoms with Crippen LogP contribution in [0.4, 0.5) is 13.2 Å². The van der Waals surface area contributed by atoms with Crippen LogP contribution in [0.3, 0.4) is 0 Å². The van der Waals surface area contributed by atoms with E-state index in [-0.39, 0.29) is 12.6 Å². The molecule has 1 aromatic carbocycles. The fraction of sp³-hybridized carbons (Fsp3) is 0.500. The van der Waals surface area contributed by atoms with Crippen molar-refractivity contribution in [2.75, 3.05) is 6.61 Å². The third kappa shape index (κ3) is 2.79. The molecule has 1 aliphatic rings. The smallest absolute Gasteiger partial charge is 0.396 e. The average molecular weight is 245 g/mol. The molecule has 0 bridgehead atoms. The van der Waals surface area contributed by atoms with Gasteiger partial charge in [-0.05, 0) is 36.1 Å². The van der Waals surface area contributed by atoms with Gasteiger partial charge >= 0.3 is 6.18 Å². The van der Waals surface area contributed by atoms with E-state index in [1.54, 1.807) is 6.07 Å². The third-order valence-corrected chi connectivity index (χ3v) is 3.06. The van der Waals surface area contributed by atoms with Crippen molar-refractivity contribution in [3.63, 3.8) is 0 Å². The molecule has 0 aliphatic carbocycles. The van der Waals surface area contributed by atoms with E-state index in [4.69, 9.17) is 5.11 Å². The summed E-state index contributed by atoms with van der Waals surface area (Å²) >= 11 is 0. The lowest BCUT2D eigenvalue weighted by Crippen LogP contribution is -2.36. The van der Waals surface area contributed by atoms with Crippen molar-refractivity contribution in [1.29, 1.82) is 0 Å². The lowest BCUT2D eigenvalue weighted by atomic mass is 9.93. The summed E-state index contributed by atoms with van der Waals surface area (Å²) in [5, 5.41) is 12.0. The van der Waals surface area contributed by atoms with Crippen LogP contribution in [0.5, 0.6) is 0 Å². The van der Waals surface area contributed by atoms with Gasteiger partial charge in [0.1, 0.15) is 0 Å². The molecule has 1 aromatic rings. The maximum atomic E-state index is 12.5. The second-order valence-corrected chi connectivity index (χ2v) is 4.28. The van der Waals surface area contributed by atoms with Gasteiger partial charge < -0.3 is 10.4 Å². The molecule has 1 atom stereocenters. The quantitative estimate of drug-likeness (QED) is 0.836. The zero-order valence-corrected chi connectivity index (χ0v) is 9.22. The zero-order chi connectivity index (χ0) is 12.5.